The van der Waals surface area contributed by atoms with E-state index in [-0.39, 0.29) is 5.92 Å². The lowest BCUT2D eigenvalue weighted by atomic mass is 9.91. The largest absolute Gasteiger partial charge is 0.309 e. The molecule has 0 saturated heterocycles. The van der Waals surface area contributed by atoms with Crippen molar-refractivity contribution in [3.05, 3.63) is 35.9 Å². The Hall–Kier alpha value is -0.820. The first kappa shape index (κ1) is 11.3. The SMILES string of the molecule is CC(=N)C(CCCCl)c1ccccc1. The summed E-state index contributed by atoms with van der Waals surface area (Å²) in [4.78, 5) is 0. The van der Waals surface area contributed by atoms with Crippen LogP contribution in [0.25, 0.3) is 0 Å². The fourth-order valence-corrected chi connectivity index (χ4v) is 1.75. The lowest BCUT2D eigenvalue weighted by molar-refractivity contribution is 0.743. The highest BCUT2D eigenvalue weighted by Crippen LogP contribution is 2.22. The third-order valence-electron chi connectivity index (χ3n) is 2.35. The molecule has 0 amide bonds. The van der Waals surface area contributed by atoms with Crippen LogP contribution in [0.3, 0.4) is 0 Å². The molecule has 14 heavy (non-hydrogen) atoms. The highest BCUT2D eigenvalue weighted by molar-refractivity contribution is 6.17. The Balaban J connectivity index is 2.73. The monoisotopic (exact) mass is 209 g/mol. The minimum atomic E-state index is 0.245. The van der Waals surface area contributed by atoms with Crippen molar-refractivity contribution < 1.29 is 0 Å². The van der Waals surface area contributed by atoms with Gasteiger partial charge in [-0.3, -0.25) is 0 Å². The molecule has 0 radical (unpaired) electrons. The van der Waals surface area contributed by atoms with Crippen molar-refractivity contribution in [3.63, 3.8) is 0 Å². The van der Waals surface area contributed by atoms with E-state index in [1.807, 2.05) is 25.1 Å². The van der Waals surface area contributed by atoms with Gasteiger partial charge < -0.3 is 5.41 Å². The second-order valence-electron chi connectivity index (χ2n) is 3.48. The van der Waals surface area contributed by atoms with Crippen molar-refractivity contribution in [2.75, 3.05) is 5.88 Å². The summed E-state index contributed by atoms with van der Waals surface area (Å²) in [7, 11) is 0. The van der Waals surface area contributed by atoms with Crippen molar-refractivity contribution in [1.29, 1.82) is 5.41 Å². The van der Waals surface area contributed by atoms with Gasteiger partial charge in [0.15, 0.2) is 0 Å². The Bertz CT molecular complexity index is 282. The van der Waals surface area contributed by atoms with Crippen LogP contribution in [0.15, 0.2) is 30.3 Å². The maximum absolute atomic E-state index is 7.72. The number of hydrogen-bond donors (Lipinski definition) is 1. The van der Waals surface area contributed by atoms with Gasteiger partial charge in [0.05, 0.1) is 0 Å². The highest BCUT2D eigenvalue weighted by Gasteiger charge is 2.12. The molecule has 0 heterocycles. The number of hydrogen-bond acceptors (Lipinski definition) is 1. The third-order valence-corrected chi connectivity index (χ3v) is 2.62. The van der Waals surface area contributed by atoms with Gasteiger partial charge in [0.2, 0.25) is 0 Å². The Kier molecular flexibility index (Phi) is 4.68. The third kappa shape index (κ3) is 3.15. The average Bonchev–Trinajstić information content (AvgIpc) is 2.19. The van der Waals surface area contributed by atoms with E-state index in [2.05, 4.69) is 12.1 Å². The van der Waals surface area contributed by atoms with Gasteiger partial charge in [0.25, 0.3) is 0 Å². The average molecular weight is 210 g/mol. The first-order valence-electron chi connectivity index (χ1n) is 4.91. The zero-order chi connectivity index (χ0) is 10.4. The van der Waals surface area contributed by atoms with Crippen LogP contribution in [-0.2, 0) is 0 Å². The molecule has 1 N–H and O–H groups in total. The molecule has 0 aliphatic rings. The molecule has 1 unspecified atom stereocenters. The summed E-state index contributed by atoms with van der Waals surface area (Å²) in [5.41, 5.74) is 1.95. The summed E-state index contributed by atoms with van der Waals surface area (Å²) in [5, 5.41) is 7.72. The summed E-state index contributed by atoms with van der Waals surface area (Å²) in [6.07, 6.45) is 1.94. The van der Waals surface area contributed by atoms with Crippen LogP contribution in [0.1, 0.15) is 31.2 Å². The molecule has 0 bridgehead atoms. The molecule has 0 saturated carbocycles. The molecule has 2 heteroatoms. The standard InChI is InChI=1S/C12H16ClN/c1-10(14)12(8-5-9-13)11-6-3-2-4-7-11/h2-4,6-7,12,14H,5,8-9H2,1H3. The van der Waals surface area contributed by atoms with E-state index in [4.69, 9.17) is 17.0 Å². The summed E-state index contributed by atoms with van der Waals surface area (Å²) >= 11 is 5.67. The number of alkyl halides is 1. The van der Waals surface area contributed by atoms with Crippen LogP contribution < -0.4 is 0 Å². The summed E-state index contributed by atoms with van der Waals surface area (Å²) in [6.45, 7) is 1.87. The molecule has 1 atom stereocenters. The zero-order valence-corrected chi connectivity index (χ0v) is 9.22. The van der Waals surface area contributed by atoms with Gasteiger partial charge in [-0.05, 0) is 25.3 Å². The van der Waals surface area contributed by atoms with E-state index in [1.54, 1.807) is 0 Å². The quantitative estimate of drug-likeness (QED) is 0.563. The van der Waals surface area contributed by atoms with E-state index in [0.29, 0.717) is 5.88 Å². The van der Waals surface area contributed by atoms with Crippen LogP contribution in [0.5, 0.6) is 0 Å². The molecule has 1 aromatic carbocycles. The van der Waals surface area contributed by atoms with Gasteiger partial charge >= 0.3 is 0 Å². The summed E-state index contributed by atoms with van der Waals surface area (Å²) in [5.74, 6) is 0.923. The minimum Gasteiger partial charge on any atom is -0.309 e. The molecule has 76 valence electrons. The fourth-order valence-electron chi connectivity index (χ4n) is 1.60. The predicted molar refractivity (Wildman–Crippen MR) is 62.5 cm³/mol. The van der Waals surface area contributed by atoms with Gasteiger partial charge in [0, 0.05) is 17.5 Å². The molecule has 0 spiro atoms. The predicted octanol–water partition coefficient (Wildman–Crippen LogP) is 3.83. The molecular formula is C12H16ClN. The van der Waals surface area contributed by atoms with Gasteiger partial charge in [-0.1, -0.05) is 30.3 Å². The van der Waals surface area contributed by atoms with Crippen molar-refractivity contribution in [3.8, 4) is 0 Å². The number of nitrogens with one attached hydrogen (secondary N) is 1. The minimum absolute atomic E-state index is 0.245. The Morgan fingerprint density at radius 1 is 1.36 bits per heavy atom. The van der Waals surface area contributed by atoms with Gasteiger partial charge in [-0.25, -0.2) is 0 Å². The number of halogens is 1. The number of rotatable bonds is 5. The second kappa shape index (κ2) is 5.82. The van der Waals surface area contributed by atoms with Gasteiger partial charge in [-0.15, -0.1) is 11.6 Å². The van der Waals surface area contributed by atoms with Crippen LogP contribution >= 0.6 is 11.6 Å². The smallest absolute Gasteiger partial charge is 0.0223 e. The molecule has 0 fully saturated rings. The Morgan fingerprint density at radius 2 is 2.00 bits per heavy atom. The topological polar surface area (TPSA) is 23.9 Å². The van der Waals surface area contributed by atoms with Crippen molar-refractivity contribution >= 4 is 17.3 Å². The van der Waals surface area contributed by atoms with Crippen molar-refractivity contribution in [1.82, 2.24) is 0 Å². The molecule has 1 nitrogen and oxygen atoms in total. The van der Waals surface area contributed by atoms with E-state index < -0.39 is 0 Å². The lowest BCUT2D eigenvalue weighted by Gasteiger charge is -2.15. The molecule has 1 aromatic rings. The first-order valence-corrected chi connectivity index (χ1v) is 5.45. The first-order chi connectivity index (χ1) is 6.75. The summed E-state index contributed by atoms with van der Waals surface area (Å²) in [6, 6.07) is 10.2. The van der Waals surface area contributed by atoms with E-state index in [1.165, 1.54) is 5.56 Å². The highest BCUT2D eigenvalue weighted by atomic mass is 35.5. The maximum atomic E-state index is 7.72. The van der Waals surface area contributed by atoms with Crippen LogP contribution in [0.4, 0.5) is 0 Å². The van der Waals surface area contributed by atoms with Gasteiger partial charge in [0.1, 0.15) is 0 Å². The van der Waals surface area contributed by atoms with Crippen molar-refractivity contribution in [2.24, 2.45) is 0 Å². The van der Waals surface area contributed by atoms with E-state index in [0.717, 1.165) is 18.6 Å². The molecule has 1 rings (SSSR count). The molecular weight excluding hydrogens is 194 g/mol. The lowest BCUT2D eigenvalue weighted by Crippen LogP contribution is -2.08. The van der Waals surface area contributed by atoms with E-state index in [9.17, 15) is 0 Å². The van der Waals surface area contributed by atoms with Crippen LogP contribution in [-0.4, -0.2) is 11.6 Å². The van der Waals surface area contributed by atoms with Gasteiger partial charge in [-0.2, -0.15) is 0 Å². The van der Waals surface area contributed by atoms with Crippen LogP contribution in [0.2, 0.25) is 0 Å². The van der Waals surface area contributed by atoms with Crippen molar-refractivity contribution in [2.45, 2.75) is 25.7 Å². The van der Waals surface area contributed by atoms with Crippen LogP contribution in [0, 0.1) is 5.41 Å². The number of benzene rings is 1. The molecule has 0 aromatic heterocycles. The molecule has 0 aliphatic heterocycles. The zero-order valence-electron chi connectivity index (χ0n) is 8.46. The summed E-state index contributed by atoms with van der Waals surface area (Å²) < 4.78 is 0. The molecule has 0 aliphatic carbocycles. The van der Waals surface area contributed by atoms with E-state index >= 15 is 0 Å². The Labute approximate surface area is 90.6 Å². The fraction of sp³-hybridized carbons (Fsp3) is 0.417. The normalized spacial score (nSPS) is 12.4. The maximum Gasteiger partial charge on any atom is 0.0223 e. The second-order valence-corrected chi connectivity index (χ2v) is 3.86. The Morgan fingerprint density at radius 3 is 2.50 bits per heavy atom.